The van der Waals surface area contributed by atoms with Gasteiger partial charge in [0.1, 0.15) is 0 Å². The van der Waals surface area contributed by atoms with Crippen molar-refractivity contribution in [3.05, 3.63) is 0 Å². The van der Waals surface area contributed by atoms with Crippen molar-refractivity contribution in [1.82, 2.24) is 5.32 Å². The number of nitrogens with one attached hydrogen (secondary N) is 1. The number of hydrogen-bond acceptors (Lipinski definition) is 3. The molecule has 3 heteroatoms. The lowest BCUT2D eigenvalue weighted by molar-refractivity contribution is 0.371. The van der Waals surface area contributed by atoms with Crippen LogP contribution in [0, 0.1) is 5.92 Å². The molecule has 0 spiro atoms. The summed E-state index contributed by atoms with van der Waals surface area (Å²) in [4.78, 5) is 0. The number of rotatable bonds is 6. The van der Waals surface area contributed by atoms with Gasteiger partial charge in [0.2, 0.25) is 0 Å². The van der Waals surface area contributed by atoms with E-state index in [2.05, 4.69) is 17.1 Å². The molecule has 1 saturated heterocycles. The van der Waals surface area contributed by atoms with E-state index >= 15 is 0 Å². The van der Waals surface area contributed by atoms with Crippen LogP contribution < -0.4 is 11.1 Å². The van der Waals surface area contributed by atoms with Crippen LogP contribution in [0.25, 0.3) is 0 Å². The van der Waals surface area contributed by atoms with E-state index in [1.807, 2.05) is 0 Å². The quantitative estimate of drug-likeness (QED) is 0.640. The highest BCUT2D eigenvalue weighted by molar-refractivity contribution is 7.99. The van der Waals surface area contributed by atoms with E-state index in [1.54, 1.807) is 0 Å². The second kappa shape index (κ2) is 7.65. The molecule has 0 aromatic carbocycles. The number of nitrogens with two attached hydrogens (primary N) is 1. The summed E-state index contributed by atoms with van der Waals surface area (Å²) in [6, 6.07) is 0. The van der Waals surface area contributed by atoms with Crippen molar-refractivity contribution in [2.24, 2.45) is 11.7 Å². The highest BCUT2D eigenvalue weighted by Crippen LogP contribution is 2.17. The minimum atomic E-state index is 0.845. The summed E-state index contributed by atoms with van der Waals surface area (Å²) >= 11 is 2.06. The van der Waals surface area contributed by atoms with Gasteiger partial charge in [-0.15, -0.1) is 0 Å². The smallest absolute Gasteiger partial charge is 0.00202 e. The largest absolute Gasteiger partial charge is 0.330 e. The van der Waals surface area contributed by atoms with Gasteiger partial charge in [-0.3, -0.25) is 0 Å². The maximum atomic E-state index is 5.43. The molecule has 0 saturated carbocycles. The Hall–Kier alpha value is 0.270. The van der Waals surface area contributed by atoms with E-state index in [0.29, 0.717) is 0 Å². The molecule has 1 fully saturated rings. The summed E-state index contributed by atoms with van der Waals surface area (Å²) in [6.45, 7) is 3.33. The predicted molar refractivity (Wildman–Crippen MR) is 61.2 cm³/mol. The SMILES string of the molecule is NCCCSCCC1CCCNC1. The van der Waals surface area contributed by atoms with E-state index in [9.17, 15) is 0 Å². The molecule has 1 atom stereocenters. The van der Waals surface area contributed by atoms with E-state index in [1.165, 1.54) is 50.3 Å². The molecule has 1 heterocycles. The predicted octanol–water partition coefficient (Wildman–Crippen LogP) is 1.46. The molecule has 1 aliphatic rings. The number of thioether (sulfide) groups is 1. The lowest BCUT2D eigenvalue weighted by Crippen LogP contribution is -2.29. The van der Waals surface area contributed by atoms with Crippen molar-refractivity contribution in [1.29, 1.82) is 0 Å². The van der Waals surface area contributed by atoms with Crippen molar-refractivity contribution < 1.29 is 0 Å². The molecule has 0 aliphatic carbocycles. The van der Waals surface area contributed by atoms with Crippen molar-refractivity contribution in [2.75, 3.05) is 31.1 Å². The van der Waals surface area contributed by atoms with Crippen LogP contribution in [-0.2, 0) is 0 Å². The number of piperidine rings is 1. The van der Waals surface area contributed by atoms with Crippen LogP contribution in [0.5, 0.6) is 0 Å². The first kappa shape index (κ1) is 11.3. The van der Waals surface area contributed by atoms with Gasteiger partial charge in [0.25, 0.3) is 0 Å². The first-order valence-corrected chi connectivity index (χ1v) is 6.57. The molecule has 0 bridgehead atoms. The third-order valence-electron chi connectivity index (χ3n) is 2.56. The van der Waals surface area contributed by atoms with E-state index < -0.39 is 0 Å². The van der Waals surface area contributed by atoms with Crippen molar-refractivity contribution in [3.8, 4) is 0 Å². The lowest BCUT2D eigenvalue weighted by Gasteiger charge is -2.22. The van der Waals surface area contributed by atoms with Gasteiger partial charge in [0.05, 0.1) is 0 Å². The Morgan fingerprint density at radius 3 is 3.00 bits per heavy atom. The van der Waals surface area contributed by atoms with Crippen LogP contribution in [0.1, 0.15) is 25.7 Å². The Balaban J connectivity index is 1.86. The molecule has 3 N–H and O–H groups in total. The lowest BCUT2D eigenvalue weighted by atomic mass is 9.97. The zero-order chi connectivity index (χ0) is 9.36. The second-order valence-corrected chi connectivity index (χ2v) is 4.98. The first-order chi connectivity index (χ1) is 6.43. The molecule has 13 heavy (non-hydrogen) atoms. The average molecular weight is 202 g/mol. The van der Waals surface area contributed by atoms with Gasteiger partial charge >= 0.3 is 0 Å². The fraction of sp³-hybridized carbons (Fsp3) is 1.00. The van der Waals surface area contributed by atoms with Gasteiger partial charge in [-0.2, -0.15) is 11.8 Å². The normalized spacial score (nSPS) is 23.3. The summed E-state index contributed by atoms with van der Waals surface area (Å²) in [5.74, 6) is 3.52. The molecular weight excluding hydrogens is 180 g/mol. The first-order valence-electron chi connectivity index (χ1n) is 5.42. The van der Waals surface area contributed by atoms with Crippen LogP contribution >= 0.6 is 11.8 Å². The fourth-order valence-electron chi connectivity index (χ4n) is 1.71. The molecule has 0 aromatic heterocycles. The summed E-state index contributed by atoms with van der Waals surface area (Å²) in [6.07, 6.45) is 5.37. The summed E-state index contributed by atoms with van der Waals surface area (Å²) in [5.41, 5.74) is 5.43. The van der Waals surface area contributed by atoms with Crippen LogP contribution in [0.4, 0.5) is 0 Å². The fourth-order valence-corrected chi connectivity index (χ4v) is 2.78. The van der Waals surface area contributed by atoms with E-state index in [-0.39, 0.29) is 0 Å². The minimum absolute atomic E-state index is 0.845. The van der Waals surface area contributed by atoms with Gasteiger partial charge in [-0.05, 0) is 62.7 Å². The highest BCUT2D eigenvalue weighted by atomic mass is 32.2. The maximum Gasteiger partial charge on any atom is -0.00202 e. The van der Waals surface area contributed by atoms with Gasteiger partial charge in [0, 0.05) is 0 Å². The van der Waals surface area contributed by atoms with Crippen LogP contribution in [0.2, 0.25) is 0 Å². The van der Waals surface area contributed by atoms with Crippen LogP contribution in [0.15, 0.2) is 0 Å². The third-order valence-corrected chi connectivity index (χ3v) is 3.66. The standard InChI is InChI=1S/C10H22N2S/c11-5-2-7-13-8-4-10-3-1-6-12-9-10/h10,12H,1-9,11H2. The molecular formula is C10H22N2S. The summed E-state index contributed by atoms with van der Waals surface area (Å²) in [7, 11) is 0. The summed E-state index contributed by atoms with van der Waals surface area (Å²) < 4.78 is 0. The number of hydrogen-bond donors (Lipinski definition) is 2. The van der Waals surface area contributed by atoms with Gasteiger partial charge in [0.15, 0.2) is 0 Å². The van der Waals surface area contributed by atoms with E-state index in [0.717, 1.165) is 12.5 Å². The van der Waals surface area contributed by atoms with Gasteiger partial charge < -0.3 is 11.1 Å². The maximum absolute atomic E-state index is 5.43. The van der Waals surface area contributed by atoms with Gasteiger partial charge in [-0.1, -0.05) is 0 Å². The minimum Gasteiger partial charge on any atom is -0.330 e. The van der Waals surface area contributed by atoms with Crippen molar-refractivity contribution in [3.63, 3.8) is 0 Å². The zero-order valence-electron chi connectivity index (χ0n) is 8.43. The molecule has 1 unspecified atom stereocenters. The Morgan fingerprint density at radius 2 is 2.31 bits per heavy atom. The Morgan fingerprint density at radius 1 is 1.38 bits per heavy atom. The monoisotopic (exact) mass is 202 g/mol. The molecule has 78 valence electrons. The Labute approximate surface area is 86.0 Å². The van der Waals surface area contributed by atoms with Crippen molar-refractivity contribution in [2.45, 2.75) is 25.7 Å². The summed E-state index contributed by atoms with van der Waals surface area (Å²) in [5, 5.41) is 3.46. The molecule has 1 aliphatic heterocycles. The average Bonchev–Trinajstić information content (AvgIpc) is 2.19. The van der Waals surface area contributed by atoms with E-state index in [4.69, 9.17) is 5.73 Å². The molecule has 0 aromatic rings. The van der Waals surface area contributed by atoms with Crippen LogP contribution in [0.3, 0.4) is 0 Å². The molecule has 0 amide bonds. The molecule has 0 radical (unpaired) electrons. The highest BCUT2D eigenvalue weighted by Gasteiger charge is 2.11. The second-order valence-electron chi connectivity index (χ2n) is 3.76. The topological polar surface area (TPSA) is 38.0 Å². The van der Waals surface area contributed by atoms with Crippen LogP contribution in [-0.4, -0.2) is 31.1 Å². The third kappa shape index (κ3) is 5.55. The Kier molecular flexibility index (Phi) is 6.68. The molecule has 2 nitrogen and oxygen atoms in total. The Bertz CT molecular complexity index is 113. The zero-order valence-corrected chi connectivity index (χ0v) is 9.24. The molecule has 1 rings (SSSR count). The van der Waals surface area contributed by atoms with Crippen molar-refractivity contribution >= 4 is 11.8 Å². The van der Waals surface area contributed by atoms with Gasteiger partial charge in [-0.25, -0.2) is 0 Å².